The molecule has 1 N–H and O–H groups in total. The molecule has 26 heavy (non-hydrogen) atoms. The number of nitrogens with one attached hydrogen (secondary N) is 1. The molecule has 3 aromatic rings. The number of fused-ring (bicyclic) bond motifs is 1. The van der Waals surface area contributed by atoms with Gasteiger partial charge in [0.25, 0.3) is 5.91 Å². The van der Waals surface area contributed by atoms with Gasteiger partial charge in [-0.05, 0) is 55.3 Å². The summed E-state index contributed by atoms with van der Waals surface area (Å²) in [5, 5.41) is 0.695. The van der Waals surface area contributed by atoms with E-state index in [1.54, 1.807) is 0 Å². The second-order valence-corrected chi connectivity index (χ2v) is 7.08. The van der Waals surface area contributed by atoms with Crippen molar-refractivity contribution in [2.75, 3.05) is 4.90 Å². The molecule has 3 nitrogen and oxygen atoms in total. The summed E-state index contributed by atoms with van der Waals surface area (Å²) in [5.74, 6) is 0.0211. The van der Waals surface area contributed by atoms with E-state index >= 15 is 0 Å². The highest BCUT2D eigenvalue weighted by Gasteiger charge is 2.32. The van der Waals surface area contributed by atoms with E-state index in [2.05, 4.69) is 11.1 Å². The number of aromatic amines is 1. The number of para-hydroxylation sites is 1. The molecule has 0 atom stereocenters. The number of aromatic nitrogens is 1. The molecule has 0 saturated carbocycles. The Balaban J connectivity index is 1.75. The largest absolute Gasteiger partial charge is 0.359 e. The molecule has 0 aliphatic carbocycles. The molecule has 2 aromatic carbocycles. The van der Waals surface area contributed by atoms with E-state index in [1.807, 2.05) is 73.4 Å². The molecule has 0 bridgehead atoms. The van der Waals surface area contributed by atoms with Crippen molar-refractivity contribution in [1.29, 1.82) is 0 Å². The first-order valence-corrected chi connectivity index (χ1v) is 8.94. The SMILES string of the molecule is Cc1cc(C)c(C=C2C(=O)N(Cc3ccc(Cl)cc3)c3ccccc32)[nH]1. The summed E-state index contributed by atoms with van der Waals surface area (Å²) in [5.41, 5.74) is 6.89. The van der Waals surface area contributed by atoms with Gasteiger partial charge in [0, 0.05) is 22.0 Å². The molecule has 2 heterocycles. The molecular weight excluding hydrogens is 344 g/mol. The van der Waals surface area contributed by atoms with Crippen molar-refractivity contribution in [2.45, 2.75) is 20.4 Å². The van der Waals surface area contributed by atoms with Crippen LogP contribution in [0.15, 0.2) is 54.6 Å². The number of halogens is 1. The van der Waals surface area contributed by atoms with E-state index < -0.39 is 0 Å². The quantitative estimate of drug-likeness (QED) is 0.624. The van der Waals surface area contributed by atoms with Crippen LogP contribution < -0.4 is 4.90 Å². The first-order chi connectivity index (χ1) is 12.5. The van der Waals surface area contributed by atoms with Crippen LogP contribution >= 0.6 is 11.6 Å². The zero-order valence-electron chi connectivity index (χ0n) is 14.7. The highest BCUT2D eigenvalue weighted by molar-refractivity contribution is 6.35. The predicted molar refractivity (Wildman–Crippen MR) is 107 cm³/mol. The Morgan fingerprint density at radius 3 is 2.50 bits per heavy atom. The summed E-state index contributed by atoms with van der Waals surface area (Å²) >= 11 is 5.98. The minimum absolute atomic E-state index is 0.0211. The number of carbonyl (C=O) groups excluding carboxylic acids is 1. The molecule has 0 unspecified atom stereocenters. The third-order valence-electron chi connectivity index (χ3n) is 4.69. The first-order valence-electron chi connectivity index (χ1n) is 8.56. The lowest BCUT2D eigenvalue weighted by molar-refractivity contribution is -0.113. The summed E-state index contributed by atoms with van der Waals surface area (Å²) in [6, 6.07) is 17.6. The van der Waals surface area contributed by atoms with Gasteiger partial charge in [0.15, 0.2) is 0 Å². The molecule has 4 heteroatoms. The van der Waals surface area contributed by atoms with Crippen LogP contribution in [0.4, 0.5) is 5.69 Å². The average molecular weight is 363 g/mol. The number of hydrogen-bond donors (Lipinski definition) is 1. The molecule has 130 valence electrons. The van der Waals surface area contributed by atoms with E-state index in [9.17, 15) is 4.79 Å². The number of hydrogen-bond acceptors (Lipinski definition) is 1. The molecule has 1 aliphatic rings. The Hall–Kier alpha value is -2.78. The number of anilines is 1. The van der Waals surface area contributed by atoms with E-state index in [-0.39, 0.29) is 5.91 Å². The van der Waals surface area contributed by atoms with Gasteiger partial charge in [-0.25, -0.2) is 0 Å². The summed E-state index contributed by atoms with van der Waals surface area (Å²) < 4.78 is 0. The number of nitrogens with zero attached hydrogens (tertiary/aromatic N) is 1. The maximum absolute atomic E-state index is 13.2. The number of rotatable bonds is 3. The van der Waals surface area contributed by atoms with Gasteiger partial charge in [0.2, 0.25) is 0 Å². The zero-order valence-corrected chi connectivity index (χ0v) is 15.5. The third-order valence-corrected chi connectivity index (χ3v) is 4.94. The van der Waals surface area contributed by atoms with Crippen LogP contribution in [0.3, 0.4) is 0 Å². The van der Waals surface area contributed by atoms with Crippen molar-refractivity contribution >= 4 is 34.8 Å². The summed E-state index contributed by atoms with van der Waals surface area (Å²) in [6.45, 7) is 4.59. The van der Waals surface area contributed by atoms with Crippen molar-refractivity contribution in [3.8, 4) is 0 Å². The maximum atomic E-state index is 13.2. The van der Waals surface area contributed by atoms with Gasteiger partial charge in [-0.1, -0.05) is 41.9 Å². The fraction of sp³-hybridized carbons (Fsp3) is 0.136. The lowest BCUT2D eigenvalue weighted by Gasteiger charge is -2.17. The van der Waals surface area contributed by atoms with Crippen LogP contribution in [0, 0.1) is 13.8 Å². The Morgan fingerprint density at radius 2 is 1.81 bits per heavy atom. The van der Waals surface area contributed by atoms with Crippen molar-refractivity contribution in [3.05, 3.63) is 87.7 Å². The Labute approximate surface area is 157 Å². The molecular formula is C22H19ClN2O. The van der Waals surface area contributed by atoms with Crippen LogP contribution in [-0.2, 0) is 11.3 Å². The second-order valence-electron chi connectivity index (χ2n) is 6.64. The van der Waals surface area contributed by atoms with Crippen molar-refractivity contribution in [1.82, 2.24) is 4.98 Å². The van der Waals surface area contributed by atoms with Gasteiger partial charge in [-0.15, -0.1) is 0 Å². The summed E-state index contributed by atoms with van der Waals surface area (Å²) in [6.07, 6.45) is 1.96. The number of amides is 1. The Morgan fingerprint density at radius 1 is 1.08 bits per heavy atom. The lowest BCUT2D eigenvalue weighted by atomic mass is 10.1. The van der Waals surface area contributed by atoms with Crippen LogP contribution in [0.5, 0.6) is 0 Å². The molecule has 0 saturated heterocycles. The molecule has 0 fully saturated rings. The highest BCUT2D eigenvalue weighted by Crippen LogP contribution is 2.38. The lowest BCUT2D eigenvalue weighted by Crippen LogP contribution is -2.25. The van der Waals surface area contributed by atoms with Gasteiger partial charge < -0.3 is 9.88 Å². The van der Waals surface area contributed by atoms with E-state index in [0.29, 0.717) is 11.6 Å². The van der Waals surface area contributed by atoms with E-state index in [4.69, 9.17) is 11.6 Å². The van der Waals surface area contributed by atoms with Crippen molar-refractivity contribution in [3.63, 3.8) is 0 Å². The van der Waals surface area contributed by atoms with Gasteiger partial charge in [-0.3, -0.25) is 4.79 Å². The molecule has 1 aromatic heterocycles. The van der Waals surface area contributed by atoms with Crippen molar-refractivity contribution in [2.24, 2.45) is 0 Å². The van der Waals surface area contributed by atoms with Crippen LogP contribution in [0.2, 0.25) is 5.02 Å². The van der Waals surface area contributed by atoms with Gasteiger partial charge in [0.1, 0.15) is 0 Å². The fourth-order valence-electron chi connectivity index (χ4n) is 3.42. The maximum Gasteiger partial charge on any atom is 0.259 e. The van der Waals surface area contributed by atoms with E-state index in [1.165, 1.54) is 0 Å². The first kappa shape index (κ1) is 16.7. The third kappa shape index (κ3) is 2.95. The minimum atomic E-state index is 0.0211. The number of aryl methyl sites for hydroxylation is 2. The highest BCUT2D eigenvalue weighted by atomic mass is 35.5. The van der Waals surface area contributed by atoms with Crippen LogP contribution in [0.1, 0.15) is 28.1 Å². The van der Waals surface area contributed by atoms with Gasteiger partial charge in [-0.2, -0.15) is 0 Å². The number of H-pyrrole nitrogens is 1. The number of benzene rings is 2. The molecule has 1 aliphatic heterocycles. The predicted octanol–water partition coefficient (Wildman–Crippen LogP) is 5.37. The Kier molecular flexibility index (Phi) is 4.17. The molecule has 0 radical (unpaired) electrons. The second kappa shape index (κ2) is 6.50. The fourth-order valence-corrected chi connectivity index (χ4v) is 3.55. The monoisotopic (exact) mass is 362 g/mol. The van der Waals surface area contributed by atoms with Gasteiger partial charge in [0.05, 0.1) is 17.8 Å². The van der Waals surface area contributed by atoms with Crippen molar-refractivity contribution < 1.29 is 4.79 Å². The Bertz CT molecular complexity index is 1010. The average Bonchev–Trinajstić information content (AvgIpc) is 3.08. The van der Waals surface area contributed by atoms with E-state index in [0.717, 1.165) is 39.3 Å². The molecule has 0 spiro atoms. The smallest absolute Gasteiger partial charge is 0.259 e. The topological polar surface area (TPSA) is 36.1 Å². The molecule has 1 amide bonds. The standard InChI is InChI=1S/C22H19ClN2O/c1-14-11-15(2)24-20(14)12-19-18-5-3-4-6-21(18)25(22(19)26)13-16-7-9-17(23)10-8-16/h3-12,24H,13H2,1-2H3. The molecule has 4 rings (SSSR count). The van der Waals surface area contributed by atoms with Crippen LogP contribution in [-0.4, -0.2) is 10.9 Å². The number of carbonyl (C=O) groups is 1. The normalized spacial score (nSPS) is 15.0. The van der Waals surface area contributed by atoms with Crippen LogP contribution in [0.25, 0.3) is 11.6 Å². The minimum Gasteiger partial charge on any atom is -0.359 e. The van der Waals surface area contributed by atoms with Gasteiger partial charge >= 0.3 is 0 Å². The summed E-state index contributed by atoms with van der Waals surface area (Å²) in [4.78, 5) is 18.3. The summed E-state index contributed by atoms with van der Waals surface area (Å²) in [7, 11) is 0. The zero-order chi connectivity index (χ0) is 18.3.